The zero-order chi connectivity index (χ0) is 28.5. The first kappa shape index (κ1) is 31.4. The molecule has 0 radical (unpaired) electrons. The highest BCUT2D eigenvalue weighted by Gasteiger charge is 2.28. The smallest absolute Gasteiger partial charge is 0.264 e. The summed E-state index contributed by atoms with van der Waals surface area (Å²) in [6.07, 6.45) is 2.39. The van der Waals surface area contributed by atoms with Crippen LogP contribution in [0.4, 0.5) is 5.13 Å². The van der Waals surface area contributed by atoms with Crippen LogP contribution in [0.25, 0.3) is 0 Å². The van der Waals surface area contributed by atoms with Crippen LogP contribution in [0, 0.1) is 25.2 Å². The van der Waals surface area contributed by atoms with Gasteiger partial charge in [0.15, 0.2) is 11.2 Å². The molecule has 0 saturated heterocycles. The first-order valence-corrected chi connectivity index (χ1v) is 18.5. The lowest BCUT2D eigenvalue weighted by Gasteiger charge is -2.16. The van der Waals surface area contributed by atoms with E-state index in [0.717, 1.165) is 33.4 Å². The topological polar surface area (TPSA) is 107 Å². The van der Waals surface area contributed by atoms with Gasteiger partial charge in [0.1, 0.15) is 4.88 Å². The highest BCUT2D eigenvalue weighted by atomic mass is 32.1. The molecule has 0 bridgehead atoms. The number of carbonyl (C=O) groups is 2. The maximum Gasteiger partial charge on any atom is 0.264 e. The second-order valence-electron chi connectivity index (χ2n) is 9.47. The number of aryl methyl sites for hydroxylation is 2. The lowest BCUT2D eigenvalue weighted by molar-refractivity contribution is 0.0944. The number of thiophene rings is 2. The summed E-state index contributed by atoms with van der Waals surface area (Å²) in [5.74, 6) is -0.197. The van der Waals surface area contributed by atoms with Gasteiger partial charge >= 0.3 is 0 Å². The molecule has 0 saturated carbocycles. The number of nitrogens with zero attached hydrogens (tertiary/aromatic N) is 2. The Morgan fingerprint density at radius 2 is 1.92 bits per heavy atom. The van der Waals surface area contributed by atoms with Gasteiger partial charge in [-0.05, 0) is 44.2 Å². The lowest BCUT2D eigenvalue weighted by Crippen LogP contribution is -2.41. The number of hydrogen-bond acceptors (Lipinski definition) is 8. The molecular formula is C27H37N5O2S3Si. The lowest BCUT2D eigenvalue weighted by atomic mass is 10.1. The molecule has 7 nitrogen and oxygen atoms in total. The monoisotopic (exact) mass is 587 g/mol. The second kappa shape index (κ2) is 14.4. The van der Waals surface area contributed by atoms with Crippen molar-refractivity contribution >= 4 is 63.5 Å². The number of nitrogens with one attached hydrogen (secondary N) is 3. The van der Waals surface area contributed by atoms with Gasteiger partial charge in [0, 0.05) is 27.3 Å². The number of rotatable bonds is 10. The predicted octanol–water partition coefficient (Wildman–Crippen LogP) is 6.02. The largest absolute Gasteiger partial charge is 0.362 e. The summed E-state index contributed by atoms with van der Waals surface area (Å²) < 4.78 is 1.30. The summed E-state index contributed by atoms with van der Waals surface area (Å²) in [6.45, 7) is 19.8. The summed E-state index contributed by atoms with van der Waals surface area (Å²) in [5.41, 5.74) is 2.80. The van der Waals surface area contributed by atoms with Gasteiger partial charge in [0.25, 0.3) is 11.8 Å². The van der Waals surface area contributed by atoms with Gasteiger partial charge in [-0.3, -0.25) is 9.59 Å². The molecule has 3 rings (SSSR count). The Labute approximate surface area is 239 Å². The number of nitriles is 1. The van der Waals surface area contributed by atoms with Gasteiger partial charge in [-0.1, -0.05) is 50.0 Å². The van der Waals surface area contributed by atoms with Crippen molar-refractivity contribution in [2.45, 2.75) is 59.8 Å². The van der Waals surface area contributed by atoms with E-state index in [2.05, 4.69) is 60.1 Å². The fourth-order valence-corrected chi connectivity index (χ4v) is 8.89. The van der Waals surface area contributed by atoms with Crippen LogP contribution < -0.4 is 20.5 Å². The summed E-state index contributed by atoms with van der Waals surface area (Å²) in [5, 5.41) is 20.6. The molecule has 0 spiro atoms. The summed E-state index contributed by atoms with van der Waals surface area (Å²) in [7, 11) is -1.46. The standard InChI is InChI=1S/C14H16N4OS2.C13H21NOSSi/c1-3-9-12(21-14(18-9)16-4-2)13(19)17-10(8-15)11-6-5-7-20-11;1-7-8-14-12(15)11-9(2)10(3)16-13(11)17(4,5)6/h5-7,10H,3-4H2,1-2H3,(H,16,18)(H,17,19);7H,1,8H2,2-6H3,(H,14,15). The normalized spacial score (nSPS) is 11.5. The molecule has 38 heavy (non-hydrogen) atoms. The van der Waals surface area contributed by atoms with E-state index in [9.17, 15) is 14.9 Å². The van der Waals surface area contributed by atoms with E-state index in [4.69, 9.17) is 0 Å². The molecule has 2 amide bonds. The molecule has 0 fully saturated rings. The number of aromatic nitrogens is 1. The SMILES string of the molecule is C=CCNC(=O)c1c([Si](C)(C)C)sc(C)c1C.CCNc1nc(CC)c(C(=O)NC(C#N)c2cccs2)s1. The fourth-order valence-electron chi connectivity index (χ4n) is 3.50. The third-order valence-corrected chi connectivity index (χ3v) is 12.3. The van der Waals surface area contributed by atoms with E-state index in [0.29, 0.717) is 17.8 Å². The van der Waals surface area contributed by atoms with Crippen LogP contribution in [-0.2, 0) is 6.42 Å². The van der Waals surface area contributed by atoms with Crippen molar-refractivity contribution in [3.05, 3.63) is 61.6 Å². The van der Waals surface area contributed by atoms with Crippen LogP contribution in [0.1, 0.15) is 60.9 Å². The number of hydrogen-bond donors (Lipinski definition) is 3. The van der Waals surface area contributed by atoms with Crippen LogP contribution in [0.15, 0.2) is 30.2 Å². The number of thiazole rings is 1. The second-order valence-corrected chi connectivity index (χ2v) is 18.0. The first-order valence-electron chi connectivity index (χ1n) is 12.4. The van der Waals surface area contributed by atoms with Gasteiger partial charge in [0.2, 0.25) is 0 Å². The van der Waals surface area contributed by atoms with E-state index in [1.54, 1.807) is 17.4 Å². The molecule has 0 aliphatic rings. The zero-order valence-electron chi connectivity index (χ0n) is 23.2. The Kier molecular flexibility index (Phi) is 11.9. The van der Waals surface area contributed by atoms with Crippen molar-refractivity contribution in [1.82, 2.24) is 15.6 Å². The van der Waals surface area contributed by atoms with E-state index in [1.807, 2.05) is 38.3 Å². The minimum absolute atomic E-state index is 0.0455. The van der Waals surface area contributed by atoms with Crippen molar-refractivity contribution in [1.29, 1.82) is 5.26 Å². The van der Waals surface area contributed by atoms with Gasteiger partial charge in [-0.15, -0.1) is 29.3 Å². The van der Waals surface area contributed by atoms with Gasteiger partial charge in [-0.2, -0.15) is 5.26 Å². The molecule has 3 heterocycles. The quantitative estimate of drug-likeness (QED) is 0.199. The molecule has 11 heteroatoms. The predicted molar refractivity (Wildman–Crippen MR) is 165 cm³/mol. The van der Waals surface area contributed by atoms with E-state index < -0.39 is 14.1 Å². The summed E-state index contributed by atoms with van der Waals surface area (Å²) in [6, 6.07) is 5.21. The van der Waals surface area contributed by atoms with Crippen molar-refractivity contribution in [2.24, 2.45) is 0 Å². The third-order valence-electron chi connectivity index (χ3n) is 5.50. The Hall–Kier alpha value is -2.78. The first-order chi connectivity index (χ1) is 18.0. The zero-order valence-corrected chi connectivity index (χ0v) is 26.6. The van der Waals surface area contributed by atoms with Crippen molar-refractivity contribution < 1.29 is 9.59 Å². The molecular weight excluding hydrogens is 551 g/mol. The molecule has 3 N–H and O–H groups in total. The van der Waals surface area contributed by atoms with Crippen LogP contribution in [0.3, 0.4) is 0 Å². The van der Waals surface area contributed by atoms with Gasteiger partial charge in [0.05, 0.1) is 25.4 Å². The van der Waals surface area contributed by atoms with Crippen LogP contribution >= 0.6 is 34.0 Å². The average molecular weight is 588 g/mol. The van der Waals surface area contributed by atoms with Gasteiger partial charge < -0.3 is 16.0 Å². The minimum atomic E-state index is -1.46. The Bertz CT molecular complexity index is 1280. The van der Waals surface area contributed by atoms with Crippen molar-refractivity contribution in [2.75, 3.05) is 18.4 Å². The number of amides is 2. The van der Waals surface area contributed by atoms with Crippen molar-refractivity contribution in [3.63, 3.8) is 0 Å². The third kappa shape index (κ3) is 8.11. The molecule has 1 atom stereocenters. The maximum absolute atomic E-state index is 12.4. The van der Waals surface area contributed by atoms with Crippen LogP contribution in [0.5, 0.6) is 0 Å². The van der Waals surface area contributed by atoms with E-state index >= 15 is 0 Å². The highest BCUT2D eigenvalue weighted by Crippen LogP contribution is 2.26. The molecule has 3 aromatic heterocycles. The Balaban J connectivity index is 0.000000273. The maximum atomic E-state index is 12.4. The summed E-state index contributed by atoms with van der Waals surface area (Å²) >= 11 is 4.57. The molecule has 0 aliphatic carbocycles. The minimum Gasteiger partial charge on any atom is -0.362 e. The van der Waals surface area contributed by atoms with Crippen LogP contribution in [0.2, 0.25) is 19.6 Å². The Morgan fingerprint density at radius 1 is 1.21 bits per heavy atom. The van der Waals surface area contributed by atoms with Crippen LogP contribution in [-0.4, -0.2) is 38.0 Å². The molecule has 1 unspecified atom stereocenters. The number of carbonyl (C=O) groups excluding carboxylic acids is 2. The molecule has 0 aromatic carbocycles. The summed E-state index contributed by atoms with van der Waals surface area (Å²) in [4.78, 5) is 31.6. The average Bonchev–Trinajstić information content (AvgIpc) is 3.61. The molecule has 204 valence electrons. The molecule has 0 aliphatic heterocycles. The van der Waals surface area contributed by atoms with Crippen molar-refractivity contribution in [3.8, 4) is 6.07 Å². The van der Waals surface area contributed by atoms with Gasteiger partial charge in [-0.25, -0.2) is 4.98 Å². The number of anilines is 1. The highest BCUT2D eigenvalue weighted by molar-refractivity contribution is 7.27. The Morgan fingerprint density at radius 3 is 2.45 bits per heavy atom. The fraction of sp³-hybridized carbons (Fsp3) is 0.407. The van der Waals surface area contributed by atoms with E-state index in [-0.39, 0.29) is 11.8 Å². The molecule has 3 aromatic rings. The van der Waals surface area contributed by atoms with E-state index in [1.165, 1.54) is 32.1 Å².